The van der Waals surface area contributed by atoms with Crippen LogP contribution in [-0.4, -0.2) is 36.6 Å². The van der Waals surface area contributed by atoms with Gasteiger partial charge in [-0.2, -0.15) is 0 Å². The van der Waals surface area contributed by atoms with E-state index in [4.69, 9.17) is 14.6 Å². The number of amides is 1. The Labute approximate surface area is 175 Å². The van der Waals surface area contributed by atoms with Crippen LogP contribution in [0.4, 0.5) is 0 Å². The number of aliphatic hydroxyl groups excluding tert-OH is 1. The summed E-state index contributed by atoms with van der Waals surface area (Å²) in [6.07, 6.45) is 9.28. The number of unbranched alkanes of at least 4 members (excludes halogenated alkanes) is 1. The topological polar surface area (TPSA) is 67.8 Å². The van der Waals surface area contributed by atoms with Crippen molar-refractivity contribution in [1.29, 1.82) is 0 Å². The molecule has 0 radical (unpaired) electrons. The van der Waals surface area contributed by atoms with Crippen molar-refractivity contribution in [2.45, 2.75) is 69.6 Å². The van der Waals surface area contributed by atoms with Gasteiger partial charge in [0.1, 0.15) is 0 Å². The number of halogens is 1. The Morgan fingerprint density at radius 2 is 1.93 bits per heavy atom. The summed E-state index contributed by atoms with van der Waals surface area (Å²) in [6, 6.07) is 8.39. The van der Waals surface area contributed by atoms with E-state index in [2.05, 4.69) is 33.4 Å². The van der Waals surface area contributed by atoms with Crippen LogP contribution in [-0.2, 0) is 14.3 Å². The highest BCUT2D eigenvalue weighted by molar-refractivity contribution is 9.10. The zero-order valence-electron chi connectivity index (χ0n) is 16.2. The van der Waals surface area contributed by atoms with Crippen LogP contribution in [0.5, 0.6) is 0 Å². The second-order valence-corrected chi connectivity index (χ2v) is 8.50. The predicted molar refractivity (Wildman–Crippen MR) is 112 cm³/mol. The third kappa shape index (κ3) is 6.33. The maximum Gasteiger partial charge on any atom is 0.286 e. The Bertz CT molecular complexity index is 655. The minimum atomic E-state index is -0.454. The van der Waals surface area contributed by atoms with Crippen LogP contribution in [0.1, 0.15) is 62.8 Å². The zero-order chi connectivity index (χ0) is 19.8. The molecule has 1 aromatic rings. The van der Waals surface area contributed by atoms with Crippen molar-refractivity contribution in [3.63, 3.8) is 0 Å². The SMILES string of the molecule is O=C(NC1CCCCC1)C1=C[C@@H](c2ccc(Br)cc2)C[C@@H](OCCCCO)O1. The summed E-state index contributed by atoms with van der Waals surface area (Å²) in [5.74, 6) is 0.284. The van der Waals surface area contributed by atoms with Crippen LogP contribution < -0.4 is 5.32 Å². The van der Waals surface area contributed by atoms with Crippen molar-refractivity contribution in [3.8, 4) is 0 Å². The lowest BCUT2D eigenvalue weighted by Crippen LogP contribution is -2.39. The van der Waals surface area contributed by atoms with Gasteiger partial charge >= 0.3 is 0 Å². The molecule has 1 aliphatic carbocycles. The molecule has 2 N–H and O–H groups in total. The molecular formula is C22H30BrNO4. The Balaban J connectivity index is 1.68. The van der Waals surface area contributed by atoms with Crippen LogP contribution in [0.15, 0.2) is 40.6 Å². The molecule has 2 atom stereocenters. The summed E-state index contributed by atoms with van der Waals surface area (Å²) >= 11 is 3.47. The largest absolute Gasteiger partial charge is 0.459 e. The van der Waals surface area contributed by atoms with Crippen LogP contribution in [0.3, 0.4) is 0 Å². The van der Waals surface area contributed by atoms with Crippen molar-refractivity contribution in [3.05, 3.63) is 46.1 Å². The summed E-state index contributed by atoms with van der Waals surface area (Å²) in [6.45, 7) is 0.668. The monoisotopic (exact) mass is 451 g/mol. The van der Waals surface area contributed by atoms with Gasteiger partial charge in [0.05, 0.1) is 6.61 Å². The smallest absolute Gasteiger partial charge is 0.286 e. The zero-order valence-corrected chi connectivity index (χ0v) is 17.8. The Hall–Kier alpha value is -1.37. The normalized spacial score (nSPS) is 23.0. The first kappa shape index (κ1) is 21.3. The highest BCUT2D eigenvalue weighted by atomic mass is 79.9. The molecule has 1 fully saturated rings. The molecule has 154 valence electrons. The van der Waals surface area contributed by atoms with Crippen molar-refractivity contribution in [2.24, 2.45) is 0 Å². The number of nitrogens with one attached hydrogen (secondary N) is 1. The molecule has 0 bridgehead atoms. The van der Waals surface area contributed by atoms with Gasteiger partial charge in [-0.05, 0) is 49.5 Å². The predicted octanol–water partition coefficient (Wildman–Crippen LogP) is 4.40. The second-order valence-electron chi connectivity index (χ2n) is 7.58. The number of carbonyl (C=O) groups excluding carboxylic acids is 1. The van der Waals surface area contributed by atoms with E-state index < -0.39 is 6.29 Å². The minimum absolute atomic E-state index is 0.0665. The van der Waals surface area contributed by atoms with Gasteiger partial charge in [-0.3, -0.25) is 4.79 Å². The first-order chi connectivity index (χ1) is 13.7. The molecule has 0 unspecified atom stereocenters. The number of ether oxygens (including phenoxy) is 2. The molecule has 28 heavy (non-hydrogen) atoms. The van der Waals surface area contributed by atoms with E-state index in [1.165, 1.54) is 19.3 Å². The van der Waals surface area contributed by atoms with E-state index in [-0.39, 0.29) is 24.5 Å². The van der Waals surface area contributed by atoms with Gasteiger partial charge in [-0.15, -0.1) is 0 Å². The van der Waals surface area contributed by atoms with E-state index >= 15 is 0 Å². The summed E-state index contributed by atoms with van der Waals surface area (Å²) in [5, 5.41) is 12.1. The molecule has 0 aromatic heterocycles. The fourth-order valence-electron chi connectivity index (χ4n) is 3.79. The maximum atomic E-state index is 12.8. The lowest BCUT2D eigenvalue weighted by atomic mass is 9.92. The highest BCUT2D eigenvalue weighted by Gasteiger charge is 2.29. The molecule has 1 aromatic carbocycles. The first-order valence-corrected chi connectivity index (χ1v) is 11.1. The van der Waals surface area contributed by atoms with Crippen LogP contribution in [0, 0.1) is 0 Å². The van der Waals surface area contributed by atoms with Gasteiger partial charge in [-0.1, -0.05) is 47.3 Å². The van der Waals surface area contributed by atoms with E-state index in [9.17, 15) is 4.79 Å². The third-order valence-corrected chi connectivity index (χ3v) is 5.90. The Morgan fingerprint density at radius 3 is 2.64 bits per heavy atom. The Morgan fingerprint density at radius 1 is 1.18 bits per heavy atom. The number of hydrogen-bond donors (Lipinski definition) is 2. The van der Waals surface area contributed by atoms with Crippen LogP contribution in [0.2, 0.25) is 0 Å². The first-order valence-electron chi connectivity index (χ1n) is 10.3. The van der Waals surface area contributed by atoms with Crippen molar-refractivity contribution < 1.29 is 19.4 Å². The molecule has 2 aliphatic rings. The molecule has 5 nitrogen and oxygen atoms in total. The number of hydrogen-bond acceptors (Lipinski definition) is 4. The Kier molecular flexibility index (Phi) is 8.37. The summed E-state index contributed by atoms with van der Waals surface area (Å²) in [5.41, 5.74) is 1.14. The number of allylic oxidation sites excluding steroid dienone is 1. The molecule has 1 heterocycles. The van der Waals surface area contributed by atoms with Gasteiger partial charge in [0, 0.05) is 29.5 Å². The summed E-state index contributed by atoms with van der Waals surface area (Å²) < 4.78 is 12.8. The van der Waals surface area contributed by atoms with Gasteiger partial charge in [0.25, 0.3) is 5.91 Å². The van der Waals surface area contributed by atoms with Gasteiger partial charge in [-0.25, -0.2) is 0 Å². The second kappa shape index (κ2) is 11.0. The molecule has 6 heteroatoms. The molecule has 1 saturated carbocycles. The van der Waals surface area contributed by atoms with Gasteiger partial charge in [0.2, 0.25) is 6.29 Å². The standard InChI is InChI=1S/C22H30BrNO4/c23-18-10-8-16(9-11-18)17-14-20(22(26)24-19-6-2-1-3-7-19)28-21(15-17)27-13-5-4-12-25/h8-11,14,17,19,21,25H,1-7,12-13,15H2,(H,24,26)/t17-,21+/m1/s1. The van der Waals surface area contributed by atoms with Crippen molar-refractivity contribution in [1.82, 2.24) is 5.32 Å². The van der Waals surface area contributed by atoms with Crippen molar-refractivity contribution >= 4 is 21.8 Å². The minimum Gasteiger partial charge on any atom is -0.459 e. The van der Waals surface area contributed by atoms with E-state index in [1.54, 1.807) is 0 Å². The average molecular weight is 452 g/mol. The fraction of sp³-hybridized carbons (Fsp3) is 0.591. The average Bonchev–Trinajstić information content (AvgIpc) is 2.72. The number of rotatable bonds is 8. The summed E-state index contributed by atoms with van der Waals surface area (Å²) in [4.78, 5) is 12.8. The summed E-state index contributed by atoms with van der Waals surface area (Å²) in [7, 11) is 0. The van der Waals surface area contributed by atoms with Crippen LogP contribution >= 0.6 is 15.9 Å². The molecule has 1 amide bonds. The maximum absolute atomic E-state index is 12.8. The molecule has 0 spiro atoms. The molecule has 3 rings (SSSR count). The molecular weight excluding hydrogens is 422 g/mol. The van der Waals surface area contributed by atoms with Gasteiger partial charge in [0.15, 0.2) is 5.76 Å². The van der Waals surface area contributed by atoms with Crippen LogP contribution in [0.25, 0.3) is 0 Å². The number of benzene rings is 1. The van der Waals surface area contributed by atoms with E-state index in [0.29, 0.717) is 25.2 Å². The van der Waals surface area contributed by atoms with E-state index in [1.807, 2.05) is 18.2 Å². The number of aliphatic hydroxyl groups is 1. The molecule has 1 aliphatic heterocycles. The van der Waals surface area contributed by atoms with E-state index in [0.717, 1.165) is 29.3 Å². The third-order valence-electron chi connectivity index (χ3n) is 5.38. The fourth-order valence-corrected chi connectivity index (χ4v) is 4.06. The highest BCUT2D eigenvalue weighted by Crippen LogP contribution is 2.32. The van der Waals surface area contributed by atoms with Crippen molar-refractivity contribution in [2.75, 3.05) is 13.2 Å². The van der Waals surface area contributed by atoms with Gasteiger partial charge < -0.3 is 19.9 Å². The lowest BCUT2D eigenvalue weighted by molar-refractivity contribution is -0.147. The quantitative estimate of drug-likeness (QED) is 0.574. The lowest BCUT2D eigenvalue weighted by Gasteiger charge is -2.30. The number of carbonyl (C=O) groups is 1. The molecule has 0 saturated heterocycles.